The molecule has 1 aliphatic heterocycles. The fourth-order valence-corrected chi connectivity index (χ4v) is 4.43. The van der Waals surface area contributed by atoms with Crippen LogP contribution in [0.1, 0.15) is 55.2 Å². The van der Waals surface area contributed by atoms with E-state index in [2.05, 4.69) is 72.6 Å². The molecule has 0 saturated carbocycles. The van der Waals surface area contributed by atoms with Crippen LogP contribution in [0.2, 0.25) is 0 Å². The molecule has 2 nitrogen and oxygen atoms in total. The van der Waals surface area contributed by atoms with Crippen molar-refractivity contribution < 1.29 is 0 Å². The fraction of sp³-hybridized carbons (Fsp3) is 0.481. The van der Waals surface area contributed by atoms with Gasteiger partial charge in [-0.3, -0.25) is 0 Å². The van der Waals surface area contributed by atoms with E-state index in [0.717, 1.165) is 42.9 Å². The van der Waals surface area contributed by atoms with Gasteiger partial charge in [0.1, 0.15) is 0 Å². The highest BCUT2D eigenvalue weighted by atomic mass is 15.1. The molecule has 1 aromatic carbocycles. The largest absolute Gasteiger partial charge is 0.392 e. The maximum Gasteiger partial charge on any atom is 0.0251 e. The Morgan fingerprint density at radius 2 is 2.14 bits per heavy atom. The van der Waals surface area contributed by atoms with Gasteiger partial charge in [0.15, 0.2) is 0 Å². The number of hydrogen-bond acceptors (Lipinski definition) is 2. The molecule has 154 valence electrons. The highest BCUT2D eigenvalue weighted by Crippen LogP contribution is 2.36. The molecule has 1 aromatic rings. The number of piperidine rings is 1. The van der Waals surface area contributed by atoms with Crippen molar-refractivity contribution in [1.82, 2.24) is 10.2 Å². The number of fused-ring (bicyclic) bond motifs is 1. The van der Waals surface area contributed by atoms with E-state index in [1.165, 1.54) is 49.1 Å². The topological polar surface area (TPSA) is 15.3 Å². The van der Waals surface area contributed by atoms with Gasteiger partial charge in [-0.2, -0.15) is 0 Å². The fourth-order valence-electron chi connectivity index (χ4n) is 4.43. The number of likely N-dealkylation sites (tertiary alicyclic amines) is 1. The van der Waals surface area contributed by atoms with Crippen LogP contribution in [-0.2, 0) is 6.42 Å². The van der Waals surface area contributed by atoms with Crippen molar-refractivity contribution in [2.75, 3.05) is 27.2 Å². The zero-order chi connectivity index (χ0) is 20.6. The van der Waals surface area contributed by atoms with E-state index >= 15 is 0 Å². The van der Waals surface area contributed by atoms with E-state index in [-0.39, 0.29) is 0 Å². The van der Waals surface area contributed by atoms with Crippen LogP contribution >= 0.6 is 0 Å². The Morgan fingerprint density at radius 3 is 2.86 bits per heavy atom. The van der Waals surface area contributed by atoms with Crippen molar-refractivity contribution in [3.05, 3.63) is 65.9 Å². The van der Waals surface area contributed by atoms with Gasteiger partial charge in [-0.15, -0.1) is 6.58 Å². The van der Waals surface area contributed by atoms with E-state index in [1.54, 1.807) is 0 Å². The molecule has 0 amide bonds. The smallest absolute Gasteiger partial charge is 0.0251 e. The van der Waals surface area contributed by atoms with Gasteiger partial charge in [0.25, 0.3) is 0 Å². The Hall–Kier alpha value is -2.24. The van der Waals surface area contributed by atoms with Gasteiger partial charge >= 0.3 is 0 Å². The summed E-state index contributed by atoms with van der Waals surface area (Å²) >= 11 is 0. The second kappa shape index (κ2) is 10.5. The van der Waals surface area contributed by atoms with Crippen molar-refractivity contribution in [3.8, 4) is 11.8 Å². The lowest BCUT2D eigenvalue weighted by Gasteiger charge is -2.28. The molecule has 0 aromatic heterocycles. The van der Waals surface area contributed by atoms with Gasteiger partial charge < -0.3 is 10.2 Å². The lowest BCUT2D eigenvalue weighted by Crippen LogP contribution is -2.30. The molecule has 1 saturated heterocycles. The summed E-state index contributed by atoms with van der Waals surface area (Å²) in [6.45, 7) is 10.6. The predicted molar refractivity (Wildman–Crippen MR) is 126 cm³/mol. The molecule has 29 heavy (non-hydrogen) atoms. The van der Waals surface area contributed by atoms with E-state index in [4.69, 9.17) is 0 Å². The molecule has 0 bridgehead atoms. The van der Waals surface area contributed by atoms with Crippen molar-refractivity contribution in [2.45, 2.75) is 44.9 Å². The van der Waals surface area contributed by atoms with Gasteiger partial charge in [0.2, 0.25) is 0 Å². The standard InChI is InChI=1S/C27H36N2/c1-5-24(12-10-21(2)28-3)26-15-14-25-13-11-23(20-27(25)26)9-7-6-8-22-16-18-29(4)19-17-22/h5,11,13,15,20,22,24,28H,1-2,6,8,10,12,14,16-19H2,3-4H3. The summed E-state index contributed by atoms with van der Waals surface area (Å²) in [4.78, 5) is 2.43. The van der Waals surface area contributed by atoms with E-state index in [0.29, 0.717) is 5.92 Å². The van der Waals surface area contributed by atoms with Crippen LogP contribution in [0.3, 0.4) is 0 Å². The van der Waals surface area contributed by atoms with Crippen molar-refractivity contribution >= 4 is 5.57 Å². The van der Waals surface area contributed by atoms with Crippen LogP contribution in [-0.4, -0.2) is 32.1 Å². The minimum absolute atomic E-state index is 0.369. The lowest BCUT2D eigenvalue weighted by molar-refractivity contribution is 0.213. The molecule has 1 atom stereocenters. The third-order valence-electron chi connectivity index (χ3n) is 6.51. The Labute approximate surface area is 177 Å². The summed E-state index contributed by atoms with van der Waals surface area (Å²) in [5.41, 5.74) is 6.42. The van der Waals surface area contributed by atoms with Crippen LogP contribution in [0.15, 0.2) is 49.2 Å². The van der Waals surface area contributed by atoms with E-state index in [1.807, 2.05) is 7.05 Å². The molecule has 1 aliphatic carbocycles. The molecule has 3 rings (SSSR count). The molecule has 1 unspecified atom stereocenters. The minimum Gasteiger partial charge on any atom is -0.392 e. The average molecular weight is 389 g/mol. The molecule has 1 N–H and O–H groups in total. The first-order valence-corrected chi connectivity index (χ1v) is 11.1. The third-order valence-corrected chi connectivity index (χ3v) is 6.51. The predicted octanol–water partition coefficient (Wildman–Crippen LogP) is 5.42. The maximum atomic E-state index is 4.09. The average Bonchev–Trinajstić information content (AvgIpc) is 3.16. The number of hydrogen-bond donors (Lipinski definition) is 1. The quantitative estimate of drug-likeness (QED) is 0.473. The molecule has 2 heteroatoms. The summed E-state index contributed by atoms with van der Waals surface area (Å²) in [6.07, 6.45) is 12.4. The summed E-state index contributed by atoms with van der Waals surface area (Å²) < 4.78 is 0. The molecule has 0 spiro atoms. The van der Waals surface area contributed by atoms with Gasteiger partial charge in [-0.25, -0.2) is 0 Å². The summed E-state index contributed by atoms with van der Waals surface area (Å²) in [6, 6.07) is 6.73. The molecule has 0 radical (unpaired) electrons. The van der Waals surface area contributed by atoms with Crippen molar-refractivity contribution in [2.24, 2.45) is 11.8 Å². The monoisotopic (exact) mass is 388 g/mol. The lowest BCUT2D eigenvalue weighted by atomic mass is 9.89. The minimum atomic E-state index is 0.369. The molecule has 1 fully saturated rings. The number of rotatable bonds is 8. The van der Waals surface area contributed by atoms with Crippen LogP contribution in [0, 0.1) is 23.7 Å². The highest BCUT2D eigenvalue weighted by Gasteiger charge is 2.20. The Bertz CT molecular complexity index is 813. The van der Waals surface area contributed by atoms with Crippen molar-refractivity contribution in [1.29, 1.82) is 0 Å². The molecular weight excluding hydrogens is 352 g/mol. The van der Waals surface area contributed by atoms with Crippen LogP contribution in [0.25, 0.3) is 5.57 Å². The second-order valence-corrected chi connectivity index (χ2v) is 8.56. The highest BCUT2D eigenvalue weighted by molar-refractivity contribution is 5.76. The first kappa shape index (κ1) is 21.5. The molecular formula is C27H36N2. The van der Waals surface area contributed by atoms with Crippen LogP contribution < -0.4 is 5.32 Å². The van der Waals surface area contributed by atoms with Crippen LogP contribution in [0.5, 0.6) is 0 Å². The Morgan fingerprint density at radius 1 is 1.34 bits per heavy atom. The second-order valence-electron chi connectivity index (χ2n) is 8.56. The molecule has 2 aliphatic rings. The number of allylic oxidation sites excluding steroid dienone is 4. The van der Waals surface area contributed by atoms with E-state index < -0.39 is 0 Å². The van der Waals surface area contributed by atoms with Gasteiger partial charge in [0, 0.05) is 30.6 Å². The zero-order valence-corrected chi connectivity index (χ0v) is 18.3. The number of nitrogens with one attached hydrogen (secondary N) is 1. The normalized spacial score (nSPS) is 17.7. The first-order chi connectivity index (χ1) is 14.1. The Balaban J connectivity index is 1.60. The van der Waals surface area contributed by atoms with Crippen molar-refractivity contribution in [3.63, 3.8) is 0 Å². The van der Waals surface area contributed by atoms with Gasteiger partial charge in [-0.05, 0) is 93.4 Å². The Kier molecular flexibility index (Phi) is 7.78. The molecule has 1 heterocycles. The SMILES string of the molecule is C=CC(CCC(=C)NC)C1=CCc2ccc(C#CCCC3CCN(C)CC3)cc21. The summed E-state index contributed by atoms with van der Waals surface area (Å²) in [7, 11) is 4.16. The number of benzene rings is 1. The maximum absolute atomic E-state index is 4.09. The van der Waals surface area contributed by atoms with Crippen LogP contribution in [0.4, 0.5) is 0 Å². The van der Waals surface area contributed by atoms with Gasteiger partial charge in [0.05, 0.1) is 0 Å². The summed E-state index contributed by atoms with van der Waals surface area (Å²) in [5.74, 6) is 8.08. The third kappa shape index (κ3) is 5.87. The zero-order valence-electron chi connectivity index (χ0n) is 18.3. The van der Waals surface area contributed by atoms with E-state index in [9.17, 15) is 0 Å². The first-order valence-electron chi connectivity index (χ1n) is 11.1. The summed E-state index contributed by atoms with van der Waals surface area (Å²) in [5, 5.41) is 3.15. The van der Waals surface area contributed by atoms with Gasteiger partial charge in [-0.1, -0.05) is 36.6 Å². The number of nitrogens with zero attached hydrogens (tertiary/aromatic N) is 1.